The summed E-state index contributed by atoms with van der Waals surface area (Å²) in [6.45, 7) is 3.38. The lowest BCUT2D eigenvalue weighted by Gasteiger charge is -2.10. The SMILES string of the molecule is CC(=O)Nc1ccc(-n2c(C)cc3nc(C=Cc4cccnc4)cc(=O)n32)cc1. The number of anilines is 1. The van der Waals surface area contributed by atoms with Crippen molar-refractivity contribution in [3.63, 3.8) is 0 Å². The zero-order valence-corrected chi connectivity index (χ0v) is 16.0. The number of hydrogen-bond donors (Lipinski definition) is 1. The molecule has 7 heteroatoms. The molecular weight excluding hydrogens is 366 g/mol. The van der Waals surface area contributed by atoms with Crippen molar-refractivity contribution in [1.29, 1.82) is 0 Å². The predicted molar refractivity (Wildman–Crippen MR) is 113 cm³/mol. The fourth-order valence-corrected chi connectivity index (χ4v) is 3.16. The topological polar surface area (TPSA) is 81.3 Å². The molecule has 0 spiro atoms. The molecule has 0 aliphatic heterocycles. The Kier molecular flexibility index (Phi) is 4.78. The van der Waals surface area contributed by atoms with E-state index in [0.717, 1.165) is 16.9 Å². The summed E-state index contributed by atoms with van der Waals surface area (Å²) in [6.07, 6.45) is 7.12. The molecule has 0 aliphatic carbocycles. The van der Waals surface area contributed by atoms with E-state index in [0.29, 0.717) is 17.0 Å². The van der Waals surface area contributed by atoms with E-state index in [4.69, 9.17) is 0 Å². The molecule has 3 aromatic heterocycles. The second-order valence-electron chi connectivity index (χ2n) is 6.63. The summed E-state index contributed by atoms with van der Waals surface area (Å²) in [6, 6.07) is 14.4. The number of aryl methyl sites for hydroxylation is 1. The standard InChI is InChI=1S/C22H19N5O2/c1-15-12-21-25-19(6-5-17-4-3-11-23-14-17)13-22(29)27(21)26(15)20-9-7-18(8-10-20)24-16(2)28/h3-14H,1-2H3,(H,24,28). The third-order valence-electron chi connectivity index (χ3n) is 4.38. The number of benzene rings is 1. The number of hydrogen-bond acceptors (Lipinski definition) is 4. The number of nitrogens with one attached hydrogen (secondary N) is 1. The van der Waals surface area contributed by atoms with Gasteiger partial charge in [0.2, 0.25) is 5.91 Å². The van der Waals surface area contributed by atoms with Crippen LogP contribution in [0.25, 0.3) is 23.5 Å². The molecular formula is C22H19N5O2. The van der Waals surface area contributed by atoms with Crippen LogP contribution in [0.4, 0.5) is 5.69 Å². The summed E-state index contributed by atoms with van der Waals surface area (Å²) >= 11 is 0. The Balaban J connectivity index is 1.73. The summed E-state index contributed by atoms with van der Waals surface area (Å²) in [7, 11) is 0. The monoisotopic (exact) mass is 385 g/mol. The fraction of sp³-hybridized carbons (Fsp3) is 0.0909. The highest BCUT2D eigenvalue weighted by Gasteiger charge is 2.11. The maximum Gasteiger partial charge on any atom is 0.273 e. The molecule has 4 aromatic rings. The summed E-state index contributed by atoms with van der Waals surface area (Å²) in [4.78, 5) is 32.7. The Morgan fingerprint density at radius 1 is 1.10 bits per heavy atom. The highest BCUT2D eigenvalue weighted by molar-refractivity contribution is 5.88. The molecule has 0 saturated carbocycles. The Labute approximate surface area is 167 Å². The molecule has 0 bridgehead atoms. The van der Waals surface area contributed by atoms with Gasteiger partial charge >= 0.3 is 0 Å². The molecule has 0 unspecified atom stereocenters. The summed E-state index contributed by atoms with van der Waals surface area (Å²) in [5, 5.41) is 2.73. The molecule has 1 amide bonds. The molecule has 3 heterocycles. The minimum atomic E-state index is -0.181. The largest absolute Gasteiger partial charge is 0.326 e. The number of aromatic nitrogens is 4. The Morgan fingerprint density at radius 2 is 1.90 bits per heavy atom. The number of carbonyl (C=O) groups excluding carboxylic acids is 1. The van der Waals surface area contributed by atoms with Crippen LogP contribution in [0.1, 0.15) is 23.9 Å². The lowest BCUT2D eigenvalue weighted by atomic mass is 10.2. The van der Waals surface area contributed by atoms with Gasteiger partial charge in [-0.05, 0) is 48.9 Å². The smallest absolute Gasteiger partial charge is 0.273 e. The van der Waals surface area contributed by atoms with Gasteiger partial charge in [-0.25, -0.2) is 9.67 Å². The molecule has 29 heavy (non-hydrogen) atoms. The first-order valence-corrected chi connectivity index (χ1v) is 9.10. The van der Waals surface area contributed by atoms with Gasteiger partial charge in [0, 0.05) is 42.8 Å². The van der Waals surface area contributed by atoms with Crippen molar-refractivity contribution < 1.29 is 4.79 Å². The van der Waals surface area contributed by atoms with Crippen LogP contribution in [0, 0.1) is 6.92 Å². The van der Waals surface area contributed by atoms with Crippen LogP contribution in [0.15, 0.2) is 65.7 Å². The van der Waals surface area contributed by atoms with Gasteiger partial charge in [-0.3, -0.25) is 14.6 Å². The summed E-state index contributed by atoms with van der Waals surface area (Å²) < 4.78 is 3.33. The van der Waals surface area contributed by atoms with E-state index in [-0.39, 0.29) is 11.5 Å². The molecule has 144 valence electrons. The molecule has 1 aromatic carbocycles. The molecule has 0 radical (unpaired) electrons. The van der Waals surface area contributed by atoms with Crippen molar-refractivity contribution in [3.05, 3.63) is 88.2 Å². The number of fused-ring (bicyclic) bond motifs is 1. The van der Waals surface area contributed by atoms with Crippen molar-refractivity contribution in [3.8, 4) is 5.69 Å². The maximum atomic E-state index is 12.8. The second-order valence-corrected chi connectivity index (χ2v) is 6.63. The Bertz CT molecular complexity index is 1270. The van der Waals surface area contributed by atoms with Gasteiger partial charge in [0.15, 0.2) is 5.65 Å². The summed E-state index contributed by atoms with van der Waals surface area (Å²) in [5.74, 6) is -0.132. The van der Waals surface area contributed by atoms with E-state index >= 15 is 0 Å². The van der Waals surface area contributed by atoms with Crippen molar-refractivity contribution in [2.75, 3.05) is 5.32 Å². The van der Waals surface area contributed by atoms with Crippen LogP contribution in [0.5, 0.6) is 0 Å². The maximum absolute atomic E-state index is 12.8. The van der Waals surface area contributed by atoms with Gasteiger partial charge in [0.05, 0.1) is 11.4 Å². The van der Waals surface area contributed by atoms with E-state index < -0.39 is 0 Å². The highest BCUT2D eigenvalue weighted by atomic mass is 16.1. The number of rotatable bonds is 4. The van der Waals surface area contributed by atoms with Crippen molar-refractivity contribution in [1.82, 2.24) is 19.2 Å². The van der Waals surface area contributed by atoms with Crippen molar-refractivity contribution >= 4 is 29.4 Å². The first kappa shape index (κ1) is 18.4. The van der Waals surface area contributed by atoms with Gasteiger partial charge < -0.3 is 5.32 Å². The van der Waals surface area contributed by atoms with Crippen LogP contribution in [-0.2, 0) is 4.79 Å². The quantitative estimate of drug-likeness (QED) is 0.584. The predicted octanol–water partition coefficient (Wildman–Crippen LogP) is 3.32. The minimum Gasteiger partial charge on any atom is -0.326 e. The van der Waals surface area contributed by atoms with E-state index in [2.05, 4.69) is 15.3 Å². The Morgan fingerprint density at radius 3 is 2.59 bits per heavy atom. The van der Waals surface area contributed by atoms with Gasteiger partial charge in [-0.2, -0.15) is 4.52 Å². The first-order chi connectivity index (χ1) is 14.0. The van der Waals surface area contributed by atoms with Crippen molar-refractivity contribution in [2.45, 2.75) is 13.8 Å². The van der Waals surface area contributed by atoms with Crippen LogP contribution >= 0.6 is 0 Å². The lowest BCUT2D eigenvalue weighted by molar-refractivity contribution is -0.114. The molecule has 0 fully saturated rings. The van der Waals surface area contributed by atoms with Gasteiger partial charge in [0.1, 0.15) is 0 Å². The third-order valence-corrected chi connectivity index (χ3v) is 4.38. The fourth-order valence-electron chi connectivity index (χ4n) is 3.16. The van der Waals surface area contributed by atoms with E-state index in [9.17, 15) is 9.59 Å². The van der Waals surface area contributed by atoms with Crippen LogP contribution < -0.4 is 10.9 Å². The number of carbonyl (C=O) groups is 1. The van der Waals surface area contributed by atoms with Gasteiger partial charge in [0.25, 0.3) is 5.56 Å². The summed E-state index contributed by atoms with van der Waals surface area (Å²) in [5.41, 5.74) is 4.26. The Hall–Kier alpha value is -4.00. The van der Waals surface area contributed by atoms with E-state index in [1.165, 1.54) is 17.5 Å². The van der Waals surface area contributed by atoms with Crippen LogP contribution in [0.2, 0.25) is 0 Å². The molecule has 4 rings (SSSR count). The first-order valence-electron chi connectivity index (χ1n) is 9.10. The van der Waals surface area contributed by atoms with E-state index in [1.807, 2.05) is 43.3 Å². The molecule has 7 nitrogen and oxygen atoms in total. The number of amides is 1. The number of nitrogens with zero attached hydrogens (tertiary/aromatic N) is 4. The molecule has 1 N–H and O–H groups in total. The van der Waals surface area contributed by atoms with Crippen LogP contribution in [-0.4, -0.2) is 25.1 Å². The van der Waals surface area contributed by atoms with Crippen molar-refractivity contribution in [2.24, 2.45) is 0 Å². The molecule has 0 aliphatic rings. The van der Waals surface area contributed by atoms with E-state index in [1.54, 1.807) is 35.3 Å². The lowest BCUT2D eigenvalue weighted by Crippen LogP contribution is -2.20. The van der Waals surface area contributed by atoms with Gasteiger partial charge in [-0.1, -0.05) is 12.1 Å². The molecule has 0 atom stereocenters. The average molecular weight is 385 g/mol. The normalized spacial score (nSPS) is 11.2. The average Bonchev–Trinajstić information content (AvgIpc) is 3.04. The second kappa shape index (κ2) is 7.55. The third kappa shape index (κ3) is 3.84. The highest BCUT2D eigenvalue weighted by Crippen LogP contribution is 2.17. The zero-order valence-electron chi connectivity index (χ0n) is 16.0. The molecule has 0 saturated heterocycles. The number of pyridine rings is 1. The van der Waals surface area contributed by atoms with Gasteiger partial charge in [-0.15, -0.1) is 0 Å². The van der Waals surface area contributed by atoms with Crippen LogP contribution in [0.3, 0.4) is 0 Å². The zero-order chi connectivity index (χ0) is 20.4. The minimum absolute atomic E-state index is 0.132.